The maximum Gasteiger partial charge on any atom is 0.323 e. The molecule has 1 aliphatic heterocycles. The van der Waals surface area contributed by atoms with Crippen LogP contribution in [0.2, 0.25) is 0 Å². The number of aromatic nitrogens is 1. The van der Waals surface area contributed by atoms with Gasteiger partial charge in [-0.2, -0.15) is 0 Å². The predicted octanol–water partition coefficient (Wildman–Crippen LogP) is 5.87. The van der Waals surface area contributed by atoms with Crippen LogP contribution in [0.1, 0.15) is 5.56 Å². The number of thioether (sulfide) groups is 1. The zero-order valence-electron chi connectivity index (χ0n) is 17.5. The van der Waals surface area contributed by atoms with Gasteiger partial charge in [-0.3, -0.25) is 4.79 Å². The third-order valence-electron chi connectivity index (χ3n) is 5.31. The van der Waals surface area contributed by atoms with Crippen LogP contribution in [0.3, 0.4) is 0 Å². The van der Waals surface area contributed by atoms with E-state index in [4.69, 9.17) is 0 Å². The Bertz CT molecular complexity index is 1420. The number of halogens is 3. The molecule has 3 N–H and O–H groups in total. The number of nitrogens with one attached hydrogen (secondary N) is 3. The van der Waals surface area contributed by atoms with Crippen molar-refractivity contribution in [1.29, 1.82) is 0 Å². The van der Waals surface area contributed by atoms with Crippen LogP contribution in [0.25, 0.3) is 10.9 Å². The molecule has 172 valence electrons. The van der Waals surface area contributed by atoms with Crippen molar-refractivity contribution in [3.05, 3.63) is 83.8 Å². The van der Waals surface area contributed by atoms with E-state index in [1.165, 1.54) is 40.9 Å². The molecule has 0 saturated heterocycles. The summed E-state index contributed by atoms with van der Waals surface area (Å²) in [6, 6.07) is 11.9. The number of aromatic amines is 1. The molecular formula is C24H17F3N4O2S. The van der Waals surface area contributed by atoms with Crippen LogP contribution in [-0.2, 0) is 11.3 Å². The Hall–Kier alpha value is -3.92. The van der Waals surface area contributed by atoms with E-state index >= 15 is 0 Å². The van der Waals surface area contributed by atoms with Gasteiger partial charge in [0.2, 0.25) is 5.91 Å². The number of hydrogen-bond acceptors (Lipinski definition) is 3. The molecule has 0 aliphatic carbocycles. The van der Waals surface area contributed by atoms with Crippen molar-refractivity contribution in [3.8, 4) is 0 Å². The number of fused-ring (bicyclic) bond motifs is 2. The summed E-state index contributed by atoms with van der Waals surface area (Å²) in [5.41, 5.74) is 2.33. The normalized spacial score (nSPS) is 13.1. The Labute approximate surface area is 196 Å². The third-order valence-corrected chi connectivity index (χ3v) is 6.36. The quantitative estimate of drug-likeness (QED) is 0.341. The molecular weight excluding hydrogens is 465 g/mol. The van der Waals surface area contributed by atoms with E-state index in [0.29, 0.717) is 33.5 Å². The van der Waals surface area contributed by atoms with E-state index in [0.717, 1.165) is 11.0 Å². The Kier molecular flexibility index (Phi) is 5.66. The summed E-state index contributed by atoms with van der Waals surface area (Å²) < 4.78 is 40.9. The molecule has 10 heteroatoms. The zero-order valence-corrected chi connectivity index (χ0v) is 18.3. The van der Waals surface area contributed by atoms with Crippen LogP contribution in [-0.4, -0.2) is 22.7 Å². The van der Waals surface area contributed by atoms with Crippen LogP contribution >= 0.6 is 11.8 Å². The minimum Gasteiger partial charge on any atom is -0.359 e. The lowest BCUT2D eigenvalue weighted by molar-refractivity contribution is -0.116. The molecule has 1 aromatic heterocycles. The first-order chi connectivity index (χ1) is 16.4. The first kappa shape index (κ1) is 21.9. The minimum atomic E-state index is -0.724. The highest BCUT2D eigenvalue weighted by atomic mass is 32.2. The highest BCUT2D eigenvalue weighted by molar-refractivity contribution is 8.00. The van der Waals surface area contributed by atoms with Crippen LogP contribution in [0, 0.1) is 17.5 Å². The van der Waals surface area contributed by atoms with E-state index in [9.17, 15) is 22.8 Å². The molecule has 4 aromatic rings. The van der Waals surface area contributed by atoms with Crippen molar-refractivity contribution in [2.75, 3.05) is 21.3 Å². The van der Waals surface area contributed by atoms with Gasteiger partial charge in [-0.1, -0.05) is 0 Å². The van der Waals surface area contributed by atoms with Crippen molar-refractivity contribution in [3.63, 3.8) is 0 Å². The maximum atomic E-state index is 13.6. The number of H-pyrrole nitrogens is 1. The van der Waals surface area contributed by atoms with Crippen LogP contribution in [0.5, 0.6) is 0 Å². The summed E-state index contributed by atoms with van der Waals surface area (Å²) in [6.45, 7) is -0.0162. The number of nitrogens with zero attached hydrogens (tertiary/aromatic N) is 1. The molecule has 0 spiro atoms. The maximum absolute atomic E-state index is 13.6. The molecule has 34 heavy (non-hydrogen) atoms. The van der Waals surface area contributed by atoms with Gasteiger partial charge < -0.3 is 20.5 Å². The Balaban J connectivity index is 1.37. The first-order valence-corrected chi connectivity index (χ1v) is 11.2. The lowest BCUT2D eigenvalue weighted by Gasteiger charge is -2.29. The smallest absolute Gasteiger partial charge is 0.323 e. The molecule has 1 aliphatic rings. The molecule has 0 fully saturated rings. The number of carbonyl (C=O) groups is 2. The monoisotopic (exact) mass is 482 g/mol. The second kappa shape index (κ2) is 8.79. The first-order valence-electron chi connectivity index (χ1n) is 10.2. The number of urea groups is 1. The Morgan fingerprint density at radius 1 is 0.971 bits per heavy atom. The number of benzene rings is 3. The largest absolute Gasteiger partial charge is 0.359 e. The summed E-state index contributed by atoms with van der Waals surface area (Å²) in [7, 11) is 0. The van der Waals surface area contributed by atoms with Gasteiger partial charge in [0.1, 0.15) is 17.5 Å². The van der Waals surface area contributed by atoms with Gasteiger partial charge in [-0.15, -0.1) is 11.8 Å². The molecule has 0 saturated carbocycles. The van der Waals surface area contributed by atoms with Gasteiger partial charge in [0, 0.05) is 33.7 Å². The van der Waals surface area contributed by atoms with Crippen molar-refractivity contribution in [2.45, 2.75) is 11.4 Å². The average molecular weight is 482 g/mol. The summed E-state index contributed by atoms with van der Waals surface area (Å²) >= 11 is 1.34. The second-order valence-electron chi connectivity index (χ2n) is 7.70. The molecule has 0 radical (unpaired) electrons. The SMILES string of the molecule is O=C(Nc1ccc2c(c1)N(Cc1cc(F)cc(F)c1)C(=O)CS2)Nc1c[nH]c2ccc(F)cc12. The van der Waals surface area contributed by atoms with Gasteiger partial charge in [0.05, 0.1) is 23.7 Å². The van der Waals surface area contributed by atoms with Gasteiger partial charge in [-0.05, 0) is 54.1 Å². The number of carbonyl (C=O) groups excluding carboxylic acids is 2. The number of anilines is 3. The van der Waals surface area contributed by atoms with Crippen LogP contribution in [0.15, 0.2) is 65.7 Å². The lowest BCUT2D eigenvalue weighted by atomic mass is 10.1. The summed E-state index contributed by atoms with van der Waals surface area (Å²) in [6.07, 6.45) is 1.56. The Morgan fingerprint density at radius 3 is 2.56 bits per heavy atom. The predicted molar refractivity (Wildman–Crippen MR) is 126 cm³/mol. The summed E-state index contributed by atoms with van der Waals surface area (Å²) in [5, 5.41) is 5.90. The van der Waals surface area contributed by atoms with Crippen molar-refractivity contribution < 1.29 is 22.8 Å². The lowest BCUT2D eigenvalue weighted by Crippen LogP contribution is -2.35. The number of hydrogen-bond donors (Lipinski definition) is 3. The summed E-state index contributed by atoms with van der Waals surface area (Å²) in [5.74, 6) is -1.90. The van der Waals surface area contributed by atoms with Crippen molar-refractivity contribution >= 4 is 51.7 Å². The highest BCUT2D eigenvalue weighted by Gasteiger charge is 2.26. The molecule has 3 aromatic carbocycles. The fourth-order valence-corrected chi connectivity index (χ4v) is 4.74. The van der Waals surface area contributed by atoms with Crippen molar-refractivity contribution in [2.24, 2.45) is 0 Å². The molecule has 0 bridgehead atoms. The van der Waals surface area contributed by atoms with Gasteiger partial charge in [0.15, 0.2) is 0 Å². The van der Waals surface area contributed by atoms with Gasteiger partial charge in [-0.25, -0.2) is 18.0 Å². The standard InChI is InChI=1S/C24H17F3N4O2S/c25-14-1-3-19-18(8-14)20(10-28-19)30-24(33)29-17-2-4-22-21(9-17)31(23(32)12-34-22)11-13-5-15(26)7-16(27)6-13/h1-10,28H,11-12H2,(H2,29,30,33). The summed E-state index contributed by atoms with van der Waals surface area (Å²) in [4.78, 5) is 30.4. The topological polar surface area (TPSA) is 77.2 Å². The van der Waals surface area contributed by atoms with Crippen LogP contribution in [0.4, 0.5) is 35.0 Å². The minimum absolute atomic E-state index is 0.0162. The zero-order chi connectivity index (χ0) is 23.8. The van der Waals surface area contributed by atoms with Crippen LogP contribution < -0.4 is 15.5 Å². The molecule has 5 rings (SSSR count). The molecule has 0 unspecified atom stereocenters. The van der Waals surface area contributed by atoms with E-state index < -0.39 is 23.5 Å². The molecule has 0 atom stereocenters. The van der Waals surface area contributed by atoms with E-state index in [-0.39, 0.29) is 18.2 Å². The Morgan fingerprint density at radius 2 is 1.76 bits per heavy atom. The van der Waals surface area contributed by atoms with Gasteiger partial charge >= 0.3 is 6.03 Å². The van der Waals surface area contributed by atoms with E-state index in [2.05, 4.69) is 15.6 Å². The fourth-order valence-electron chi connectivity index (χ4n) is 3.82. The number of rotatable bonds is 4. The number of amides is 3. The van der Waals surface area contributed by atoms with E-state index in [1.807, 2.05) is 0 Å². The highest BCUT2D eigenvalue weighted by Crippen LogP contribution is 2.38. The van der Waals surface area contributed by atoms with E-state index in [1.54, 1.807) is 30.5 Å². The molecule has 6 nitrogen and oxygen atoms in total. The second-order valence-corrected chi connectivity index (χ2v) is 8.72. The van der Waals surface area contributed by atoms with Crippen molar-refractivity contribution in [1.82, 2.24) is 4.98 Å². The average Bonchev–Trinajstić information content (AvgIpc) is 3.17. The fraction of sp³-hybridized carbons (Fsp3) is 0.0833. The molecule has 3 amide bonds. The van der Waals surface area contributed by atoms with Gasteiger partial charge in [0.25, 0.3) is 0 Å². The molecule has 2 heterocycles. The third kappa shape index (κ3) is 4.44.